The van der Waals surface area contributed by atoms with Gasteiger partial charge in [-0.25, -0.2) is 13.8 Å². The lowest BCUT2D eigenvalue weighted by molar-refractivity contribution is -0.137. The van der Waals surface area contributed by atoms with Crippen LogP contribution in [0.5, 0.6) is 0 Å². The quantitative estimate of drug-likeness (QED) is 0.222. The number of amides is 1. The van der Waals surface area contributed by atoms with Gasteiger partial charge in [0.2, 0.25) is 11.5 Å². The van der Waals surface area contributed by atoms with E-state index in [1.807, 2.05) is 0 Å². The van der Waals surface area contributed by atoms with Crippen LogP contribution in [-0.2, 0) is 21.7 Å². The molecule has 2 aromatic heterocycles. The molecule has 0 fully saturated rings. The Morgan fingerprint density at radius 3 is 2.57 bits per heavy atom. The molecule has 6 rings (SSSR count). The molecule has 2 N–H and O–H groups in total. The van der Waals surface area contributed by atoms with Crippen LogP contribution in [0, 0.1) is 11.6 Å². The molecule has 0 spiro atoms. The van der Waals surface area contributed by atoms with E-state index in [-0.39, 0.29) is 41.3 Å². The molecule has 1 aliphatic rings. The zero-order valence-corrected chi connectivity index (χ0v) is 23.5. The number of carboxylic acid groups (broad SMARTS) is 1. The summed E-state index contributed by atoms with van der Waals surface area (Å²) >= 11 is 0. The zero-order valence-electron chi connectivity index (χ0n) is 23.5. The minimum absolute atomic E-state index is 0.00369. The number of aliphatic carboxylic acids is 1. The van der Waals surface area contributed by atoms with E-state index in [4.69, 9.17) is 14.4 Å². The molecule has 1 aliphatic heterocycles. The molecule has 0 saturated carbocycles. The van der Waals surface area contributed by atoms with Crippen molar-refractivity contribution in [3.05, 3.63) is 106 Å². The third kappa shape index (κ3) is 5.65. The largest absolute Gasteiger partial charge is 0.481 e. The van der Waals surface area contributed by atoms with Crippen LogP contribution >= 0.6 is 0 Å². The van der Waals surface area contributed by atoms with E-state index in [0.29, 0.717) is 46.9 Å². The van der Waals surface area contributed by atoms with Crippen LogP contribution in [0.4, 0.5) is 8.78 Å². The van der Waals surface area contributed by atoms with Crippen molar-refractivity contribution in [2.75, 3.05) is 0 Å². The predicted molar refractivity (Wildman–Crippen MR) is 157 cm³/mol. The SMILES string of the molecule is CC1(c2nc3ccc(F)cc3o2)CC(NC(=O)c2ccc3c(=O)n(-c4ccc(F)cc4)c(CCCCC(=O)O)cc3c2)=NO1. The van der Waals surface area contributed by atoms with Gasteiger partial charge in [0.25, 0.3) is 11.5 Å². The molecule has 1 atom stereocenters. The van der Waals surface area contributed by atoms with Crippen molar-refractivity contribution in [1.82, 2.24) is 14.9 Å². The van der Waals surface area contributed by atoms with Gasteiger partial charge in [0.1, 0.15) is 17.2 Å². The third-order valence-electron chi connectivity index (χ3n) is 7.44. The number of oxime groups is 1. The van der Waals surface area contributed by atoms with Crippen molar-refractivity contribution < 1.29 is 32.7 Å². The van der Waals surface area contributed by atoms with Crippen LogP contribution in [-0.4, -0.2) is 32.4 Å². The van der Waals surface area contributed by atoms with Crippen LogP contribution in [0.2, 0.25) is 0 Å². The summed E-state index contributed by atoms with van der Waals surface area (Å²) in [6, 6.07) is 16.0. The normalized spacial score (nSPS) is 16.2. The number of unbranched alkanes of at least 4 members (excludes halogenated alkanes) is 1. The summed E-state index contributed by atoms with van der Waals surface area (Å²) in [6.07, 6.45) is 1.44. The number of rotatable bonds is 8. The zero-order chi connectivity index (χ0) is 31.0. The molecule has 12 heteroatoms. The van der Waals surface area contributed by atoms with Gasteiger partial charge < -0.3 is 19.7 Å². The van der Waals surface area contributed by atoms with E-state index in [9.17, 15) is 23.2 Å². The number of benzene rings is 3. The number of carbonyl (C=O) groups is 2. The summed E-state index contributed by atoms with van der Waals surface area (Å²) in [5.41, 5.74) is 0.582. The maximum absolute atomic E-state index is 13.6. The van der Waals surface area contributed by atoms with E-state index >= 15 is 0 Å². The van der Waals surface area contributed by atoms with Gasteiger partial charge in [0, 0.05) is 34.8 Å². The standard InChI is InChI=1S/C32H26F2N4O6/c1-32(31-35-25-13-9-21(34)16-26(25)43-31)17-27(37-44-32)36-29(41)18-6-12-24-19(14-18)15-23(4-2-3-5-28(39)40)38(30(24)42)22-10-7-20(33)8-11-22/h6-16H,2-5,17H2,1H3,(H,39,40)(H,36,37,41). The molecule has 3 heterocycles. The number of aryl methyl sites for hydroxylation is 1. The Bertz CT molecular complexity index is 2020. The number of halogens is 2. The van der Waals surface area contributed by atoms with Crippen LogP contribution in [0.15, 0.2) is 81.1 Å². The van der Waals surface area contributed by atoms with E-state index in [2.05, 4.69) is 15.5 Å². The average Bonchev–Trinajstić information content (AvgIpc) is 3.59. The molecule has 5 aromatic rings. The maximum atomic E-state index is 13.6. The highest BCUT2D eigenvalue weighted by molar-refractivity contribution is 6.08. The van der Waals surface area contributed by atoms with Gasteiger partial charge in [0.05, 0.1) is 6.42 Å². The monoisotopic (exact) mass is 600 g/mol. The first-order chi connectivity index (χ1) is 21.1. The van der Waals surface area contributed by atoms with Crippen molar-refractivity contribution in [2.24, 2.45) is 5.16 Å². The van der Waals surface area contributed by atoms with Crippen molar-refractivity contribution in [3.63, 3.8) is 0 Å². The molecular weight excluding hydrogens is 574 g/mol. The molecule has 3 aromatic carbocycles. The Labute approximate surface area is 248 Å². The van der Waals surface area contributed by atoms with Gasteiger partial charge in [-0.3, -0.25) is 19.0 Å². The van der Waals surface area contributed by atoms with Crippen LogP contribution in [0.1, 0.15) is 54.5 Å². The number of carboxylic acids is 1. The molecule has 0 saturated heterocycles. The highest BCUT2D eigenvalue weighted by Gasteiger charge is 2.41. The Hall–Kier alpha value is -5.39. The molecule has 1 amide bonds. The van der Waals surface area contributed by atoms with Gasteiger partial charge in [-0.05, 0) is 92.2 Å². The molecule has 10 nitrogen and oxygen atoms in total. The average molecular weight is 601 g/mol. The second-order valence-electron chi connectivity index (χ2n) is 10.8. The summed E-state index contributed by atoms with van der Waals surface area (Å²) in [5, 5.41) is 16.6. The number of oxazole rings is 1. The second-order valence-corrected chi connectivity index (χ2v) is 10.8. The molecule has 1 unspecified atom stereocenters. The minimum atomic E-state index is -1.12. The highest BCUT2D eigenvalue weighted by atomic mass is 19.1. The number of aromatic nitrogens is 2. The Morgan fingerprint density at radius 1 is 1.02 bits per heavy atom. The summed E-state index contributed by atoms with van der Waals surface area (Å²) in [5.74, 6) is -1.87. The van der Waals surface area contributed by atoms with Crippen LogP contribution in [0.3, 0.4) is 0 Å². The molecule has 44 heavy (non-hydrogen) atoms. The van der Waals surface area contributed by atoms with E-state index in [1.54, 1.807) is 25.1 Å². The van der Waals surface area contributed by atoms with Gasteiger partial charge in [0.15, 0.2) is 11.4 Å². The number of fused-ring (bicyclic) bond motifs is 2. The van der Waals surface area contributed by atoms with Crippen LogP contribution in [0.25, 0.3) is 27.6 Å². The number of hydrogen-bond acceptors (Lipinski definition) is 7. The summed E-state index contributed by atoms with van der Waals surface area (Å²) < 4.78 is 34.4. The summed E-state index contributed by atoms with van der Waals surface area (Å²) in [7, 11) is 0. The molecule has 0 radical (unpaired) electrons. The topological polar surface area (TPSA) is 136 Å². The van der Waals surface area contributed by atoms with Crippen molar-refractivity contribution in [3.8, 4) is 5.69 Å². The third-order valence-corrected chi connectivity index (χ3v) is 7.44. The second kappa shape index (κ2) is 11.4. The van der Waals surface area contributed by atoms with E-state index < -0.39 is 29.1 Å². The minimum Gasteiger partial charge on any atom is -0.481 e. The van der Waals surface area contributed by atoms with Crippen molar-refractivity contribution in [2.45, 2.75) is 44.6 Å². The summed E-state index contributed by atoms with van der Waals surface area (Å²) in [6.45, 7) is 1.69. The van der Waals surface area contributed by atoms with E-state index in [1.165, 1.54) is 53.1 Å². The fourth-order valence-electron chi connectivity index (χ4n) is 5.20. The predicted octanol–water partition coefficient (Wildman–Crippen LogP) is 5.59. The van der Waals surface area contributed by atoms with E-state index in [0.717, 1.165) is 0 Å². The van der Waals surface area contributed by atoms with Gasteiger partial charge >= 0.3 is 5.97 Å². The first-order valence-electron chi connectivity index (χ1n) is 13.9. The molecule has 0 aliphatic carbocycles. The number of hydrogen-bond donors (Lipinski definition) is 2. The first-order valence-corrected chi connectivity index (χ1v) is 13.9. The molecule has 224 valence electrons. The van der Waals surface area contributed by atoms with Crippen molar-refractivity contribution in [1.29, 1.82) is 0 Å². The number of carbonyl (C=O) groups excluding carboxylic acids is 1. The van der Waals surface area contributed by atoms with Crippen molar-refractivity contribution >= 4 is 39.6 Å². The number of nitrogens with one attached hydrogen (secondary N) is 1. The number of amidine groups is 1. The lowest BCUT2D eigenvalue weighted by Crippen LogP contribution is -2.32. The Balaban J connectivity index is 1.25. The van der Waals surface area contributed by atoms with Crippen LogP contribution < -0.4 is 10.9 Å². The van der Waals surface area contributed by atoms with Gasteiger partial charge in [-0.2, -0.15) is 0 Å². The van der Waals surface area contributed by atoms with Gasteiger partial charge in [-0.15, -0.1) is 0 Å². The Morgan fingerprint density at radius 2 is 1.80 bits per heavy atom. The fraction of sp³-hybridized carbons (Fsp3) is 0.219. The Kier molecular flexibility index (Phi) is 7.41. The highest BCUT2D eigenvalue weighted by Crippen LogP contribution is 2.35. The maximum Gasteiger partial charge on any atom is 0.303 e. The molecule has 0 bridgehead atoms. The summed E-state index contributed by atoms with van der Waals surface area (Å²) in [4.78, 5) is 47.8. The van der Waals surface area contributed by atoms with Gasteiger partial charge in [-0.1, -0.05) is 5.16 Å². The molecular formula is C32H26F2N4O6. The lowest BCUT2D eigenvalue weighted by atomic mass is 10.0. The first kappa shape index (κ1) is 28.7. The lowest BCUT2D eigenvalue weighted by Gasteiger charge is -2.16. The number of nitrogens with zero attached hydrogens (tertiary/aromatic N) is 3. The number of pyridine rings is 1. The fourth-order valence-corrected chi connectivity index (χ4v) is 5.20. The smallest absolute Gasteiger partial charge is 0.303 e.